The van der Waals surface area contributed by atoms with Crippen LogP contribution in [-0.2, 0) is 0 Å². The summed E-state index contributed by atoms with van der Waals surface area (Å²) < 4.78 is 7.30. The van der Waals surface area contributed by atoms with Crippen LogP contribution in [-0.4, -0.2) is 20.5 Å². The quantitative estimate of drug-likeness (QED) is 0.165. The molecule has 0 amide bonds. The average Bonchev–Trinajstić information content (AvgIpc) is 4.03. The number of aromatic nitrogens is 3. The molecule has 3 aromatic heterocycles. The minimum Gasteiger partial charge on any atom is -0.353 e. The molecule has 0 bridgehead atoms. The van der Waals surface area contributed by atoms with Crippen LogP contribution in [0.3, 0.4) is 0 Å². The van der Waals surface area contributed by atoms with Gasteiger partial charge in [-0.25, -0.2) is 0 Å². The molecule has 7 aromatic carbocycles. The Morgan fingerprint density at radius 2 is 0.750 bits per heavy atom. The third-order valence-corrected chi connectivity index (χ3v) is 11.7. The Morgan fingerprint density at radius 3 is 1.21 bits per heavy atom. The number of hydrogen-bond acceptors (Lipinski definition) is 2. The second-order valence-corrected chi connectivity index (χ2v) is 14.7. The Labute approximate surface area is 325 Å². The summed E-state index contributed by atoms with van der Waals surface area (Å²) in [5.41, 5.74) is 14.1. The van der Waals surface area contributed by atoms with Crippen molar-refractivity contribution < 1.29 is 0 Å². The monoisotopic (exact) mass is 715 g/mol. The molecule has 10 aromatic rings. The van der Waals surface area contributed by atoms with E-state index in [4.69, 9.17) is 0 Å². The highest BCUT2D eigenvalue weighted by Gasteiger charge is 2.44. The van der Waals surface area contributed by atoms with Crippen molar-refractivity contribution in [2.45, 2.75) is 0 Å². The highest BCUT2D eigenvalue weighted by molar-refractivity contribution is 6.76. The lowest BCUT2D eigenvalue weighted by atomic mass is 9.62. The molecular weight excluding hydrogens is 681 g/mol. The molecule has 0 fully saturated rings. The van der Waals surface area contributed by atoms with Gasteiger partial charge >= 0.3 is 6.98 Å². The van der Waals surface area contributed by atoms with Gasteiger partial charge in [0.1, 0.15) is 11.6 Å². The smallest absolute Gasteiger partial charge is 0.353 e. The summed E-state index contributed by atoms with van der Waals surface area (Å²) >= 11 is 0. The van der Waals surface area contributed by atoms with Crippen LogP contribution in [0, 0.1) is 0 Å². The largest absolute Gasteiger partial charge is 0.426 e. The molecule has 0 aliphatic carbocycles. The SMILES string of the molecule is c1ccc(-c2ccc(N3c4cc(-n5c6ccccc6c6ccccc65)cc5c4B(n4cccc43)n3cccc3N5c3ccc(-c4ccccc4)cc3)cc2)cc1. The Hall–Kier alpha value is -7.44. The number of anilines is 6. The molecule has 0 saturated heterocycles. The molecule has 12 rings (SSSR count). The molecule has 0 saturated carbocycles. The predicted octanol–water partition coefficient (Wildman–Crippen LogP) is 12.1. The summed E-state index contributed by atoms with van der Waals surface area (Å²) in [4.78, 5) is 4.90. The lowest BCUT2D eigenvalue weighted by Gasteiger charge is -2.43. The molecular formula is C50H34BN5. The zero-order valence-electron chi connectivity index (χ0n) is 30.4. The van der Waals surface area contributed by atoms with Crippen LogP contribution >= 0.6 is 0 Å². The summed E-state index contributed by atoms with van der Waals surface area (Å²) in [6, 6.07) is 70.6. The van der Waals surface area contributed by atoms with Gasteiger partial charge < -0.3 is 13.5 Å². The van der Waals surface area contributed by atoms with Crippen LogP contribution < -0.4 is 15.3 Å². The van der Waals surface area contributed by atoms with Gasteiger partial charge in [0.15, 0.2) is 0 Å². The van der Waals surface area contributed by atoms with Crippen LogP contribution in [0.15, 0.2) is 207 Å². The molecule has 2 aliphatic rings. The first-order valence-electron chi connectivity index (χ1n) is 19.2. The van der Waals surface area contributed by atoms with Crippen LogP contribution in [0.5, 0.6) is 0 Å². The van der Waals surface area contributed by atoms with Crippen LogP contribution in [0.1, 0.15) is 0 Å². The van der Waals surface area contributed by atoms with Crippen molar-refractivity contribution in [2.75, 3.05) is 9.80 Å². The second kappa shape index (κ2) is 12.0. The molecule has 0 atom stereocenters. The highest BCUT2D eigenvalue weighted by Crippen LogP contribution is 2.48. The Bertz CT molecular complexity index is 2880. The minimum absolute atomic E-state index is 0.0677. The molecule has 262 valence electrons. The van der Waals surface area contributed by atoms with Gasteiger partial charge in [-0.15, -0.1) is 0 Å². The van der Waals surface area contributed by atoms with Crippen molar-refractivity contribution in [3.05, 3.63) is 207 Å². The third-order valence-electron chi connectivity index (χ3n) is 11.7. The van der Waals surface area contributed by atoms with Crippen LogP contribution in [0.4, 0.5) is 34.4 Å². The zero-order valence-corrected chi connectivity index (χ0v) is 30.4. The lowest BCUT2D eigenvalue weighted by molar-refractivity contribution is 1.000. The van der Waals surface area contributed by atoms with E-state index < -0.39 is 0 Å². The Morgan fingerprint density at radius 1 is 0.339 bits per heavy atom. The van der Waals surface area contributed by atoms with E-state index in [0.29, 0.717) is 0 Å². The van der Waals surface area contributed by atoms with E-state index >= 15 is 0 Å². The molecule has 6 heteroatoms. The fourth-order valence-electron chi connectivity index (χ4n) is 9.20. The molecule has 0 unspecified atom stereocenters. The maximum Gasteiger partial charge on any atom is 0.426 e. The van der Waals surface area contributed by atoms with Crippen molar-refractivity contribution in [3.63, 3.8) is 0 Å². The van der Waals surface area contributed by atoms with E-state index in [-0.39, 0.29) is 6.98 Å². The molecule has 0 spiro atoms. The van der Waals surface area contributed by atoms with Gasteiger partial charge in [0.05, 0.1) is 28.1 Å². The predicted molar refractivity (Wildman–Crippen MR) is 233 cm³/mol. The van der Waals surface area contributed by atoms with Gasteiger partial charge in [-0.3, -0.25) is 9.80 Å². The normalized spacial score (nSPS) is 12.9. The van der Waals surface area contributed by atoms with Crippen LogP contribution in [0.2, 0.25) is 0 Å². The van der Waals surface area contributed by atoms with E-state index in [0.717, 1.165) is 40.1 Å². The summed E-state index contributed by atoms with van der Waals surface area (Å²) in [7, 11) is 0. The van der Waals surface area contributed by atoms with E-state index in [1.807, 2.05) is 0 Å². The van der Waals surface area contributed by atoms with E-state index in [1.54, 1.807) is 0 Å². The summed E-state index contributed by atoms with van der Waals surface area (Å²) in [6.45, 7) is -0.0677. The Kier molecular flexibility index (Phi) is 6.66. The molecule has 56 heavy (non-hydrogen) atoms. The van der Waals surface area contributed by atoms with E-state index in [1.165, 1.54) is 49.5 Å². The van der Waals surface area contributed by atoms with Gasteiger partial charge in [0.2, 0.25) is 0 Å². The van der Waals surface area contributed by atoms with E-state index in [9.17, 15) is 0 Å². The lowest BCUT2D eigenvalue weighted by Crippen LogP contribution is -2.55. The van der Waals surface area contributed by atoms with E-state index in [2.05, 4.69) is 230 Å². The number of nitrogens with zero attached hydrogens (tertiary/aromatic N) is 5. The maximum absolute atomic E-state index is 2.45. The van der Waals surface area contributed by atoms with Crippen molar-refractivity contribution in [1.82, 2.24) is 13.5 Å². The number of hydrogen-bond donors (Lipinski definition) is 0. The standard InChI is InChI=1S/C50H34BN5/c1-3-13-35(14-4-1)37-23-27-39(28-24-37)55-46-33-41(54-44-19-9-7-17-42(44)43-18-8-10-20-45(43)54)34-47-50(46)51(52-31-11-21-48(52)55)53-32-12-22-49(53)56(47)40-29-25-38(26-30-40)36-15-5-2-6-16-36/h1-34H. The number of rotatable bonds is 5. The molecule has 0 radical (unpaired) electrons. The summed E-state index contributed by atoms with van der Waals surface area (Å²) in [6.07, 6.45) is 4.46. The highest BCUT2D eigenvalue weighted by atomic mass is 15.3. The topological polar surface area (TPSA) is 21.3 Å². The van der Waals surface area contributed by atoms with Gasteiger partial charge in [0, 0.05) is 27.6 Å². The zero-order chi connectivity index (χ0) is 36.7. The second-order valence-electron chi connectivity index (χ2n) is 14.7. The fraction of sp³-hybridized carbons (Fsp3) is 0. The minimum atomic E-state index is -0.0677. The van der Waals surface area contributed by atoms with Crippen molar-refractivity contribution in [3.8, 4) is 27.9 Å². The first kappa shape index (κ1) is 31.0. The van der Waals surface area contributed by atoms with Gasteiger partial charge in [-0.2, -0.15) is 0 Å². The third kappa shape index (κ3) is 4.50. The summed E-state index contributed by atoms with van der Waals surface area (Å²) in [5.74, 6) is 2.25. The molecule has 2 aliphatic heterocycles. The molecule has 5 nitrogen and oxygen atoms in total. The Balaban J connectivity index is 1.14. The molecule has 5 heterocycles. The first-order valence-corrected chi connectivity index (χ1v) is 19.2. The van der Waals surface area contributed by atoms with Crippen LogP contribution in [0.25, 0.3) is 49.7 Å². The van der Waals surface area contributed by atoms with Crippen molar-refractivity contribution in [2.24, 2.45) is 0 Å². The van der Waals surface area contributed by atoms with Gasteiger partial charge in [0.25, 0.3) is 0 Å². The van der Waals surface area contributed by atoms with Crippen molar-refractivity contribution in [1.29, 1.82) is 0 Å². The number of fused-ring (bicyclic) bond motifs is 7. The maximum atomic E-state index is 2.45. The first-order chi connectivity index (χ1) is 27.8. The summed E-state index contributed by atoms with van der Waals surface area (Å²) in [5, 5.41) is 2.49. The van der Waals surface area contributed by atoms with Crippen molar-refractivity contribution >= 4 is 68.6 Å². The molecule has 0 N–H and O–H groups in total. The van der Waals surface area contributed by atoms with Gasteiger partial charge in [-0.1, -0.05) is 121 Å². The van der Waals surface area contributed by atoms with Gasteiger partial charge in [-0.05, 0) is 107 Å². The number of para-hydroxylation sites is 2. The fourth-order valence-corrected chi connectivity index (χ4v) is 9.20. The average molecular weight is 716 g/mol. The number of benzene rings is 7.